The van der Waals surface area contributed by atoms with Gasteiger partial charge in [-0.25, -0.2) is 0 Å². The first-order valence-corrected chi connectivity index (χ1v) is 14.4. The van der Waals surface area contributed by atoms with Crippen LogP contribution >= 0.6 is 34.5 Å². The first-order chi connectivity index (χ1) is 18.0. The highest BCUT2D eigenvalue weighted by Gasteiger charge is 2.37. The lowest BCUT2D eigenvalue weighted by Crippen LogP contribution is -2.31. The Bertz CT molecular complexity index is 1570. The van der Waals surface area contributed by atoms with Crippen LogP contribution in [0.3, 0.4) is 0 Å². The number of hydrogen-bond donors (Lipinski definition) is 1. The molecule has 3 aromatic carbocycles. The van der Waals surface area contributed by atoms with Crippen LogP contribution in [0.1, 0.15) is 29.1 Å². The Labute approximate surface area is 235 Å². The SMILES string of the molecule is COCCOS(=O)(=O)C(C)(C)c1ccc2sc(C(=O)Nc3cc(Cl)cc(Oc4ccc(Cl)cc4)c3)cc2c1. The van der Waals surface area contributed by atoms with Crippen LogP contribution in [-0.2, 0) is 23.8 Å². The van der Waals surface area contributed by atoms with Gasteiger partial charge in [-0.2, -0.15) is 8.42 Å². The van der Waals surface area contributed by atoms with Gasteiger partial charge in [0.05, 0.1) is 18.1 Å². The quantitative estimate of drug-likeness (QED) is 0.151. The molecule has 0 saturated heterocycles. The minimum Gasteiger partial charge on any atom is -0.457 e. The number of ether oxygens (including phenoxy) is 2. The van der Waals surface area contributed by atoms with Crippen molar-refractivity contribution >= 4 is 66.3 Å². The molecule has 1 N–H and O–H groups in total. The second-order valence-corrected chi connectivity index (χ2v) is 12.9. The summed E-state index contributed by atoms with van der Waals surface area (Å²) in [6.07, 6.45) is 0. The fourth-order valence-electron chi connectivity index (χ4n) is 3.57. The third kappa shape index (κ3) is 6.48. The van der Waals surface area contributed by atoms with Gasteiger partial charge in [0.25, 0.3) is 16.0 Å². The van der Waals surface area contributed by atoms with Gasteiger partial charge in [0, 0.05) is 33.6 Å². The topological polar surface area (TPSA) is 90.9 Å². The highest BCUT2D eigenvalue weighted by atomic mass is 35.5. The van der Waals surface area contributed by atoms with Crippen molar-refractivity contribution in [1.29, 1.82) is 0 Å². The predicted molar refractivity (Wildman–Crippen MR) is 153 cm³/mol. The Morgan fingerprint density at radius 3 is 2.37 bits per heavy atom. The lowest BCUT2D eigenvalue weighted by Gasteiger charge is -2.24. The number of rotatable bonds is 10. The summed E-state index contributed by atoms with van der Waals surface area (Å²) in [6, 6.07) is 18.8. The molecule has 7 nitrogen and oxygen atoms in total. The van der Waals surface area contributed by atoms with Crippen LogP contribution in [0.5, 0.6) is 11.5 Å². The molecule has 200 valence electrons. The maximum absolute atomic E-state index is 13.1. The summed E-state index contributed by atoms with van der Waals surface area (Å²) in [7, 11) is -2.45. The molecule has 1 amide bonds. The molecule has 0 spiro atoms. The van der Waals surface area contributed by atoms with Crippen LogP contribution in [0.25, 0.3) is 10.1 Å². The van der Waals surface area contributed by atoms with E-state index in [-0.39, 0.29) is 19.1 Å². The Morgan fingerprint density at radius 1 is 0.921 bits per heavy atom. The Morgan fingerprint density at radius 2 is 1.66 bits per heavy atom. The van der Waals surface area contributed by atoms with Crippen molar-refractivity contribution in [2.75, 3.05) is 25.6 Å². The van der Waals surface area contributed by atoms with Crippen molar-refractivity contribution in [2.45, 2.75) is 18.6 Å². The number of carbonyl (C=O) groups is 1. The zero-order valence-electron chi connectivity index (χ0n) is 20.8. The molecule has 0 bridgehead atoms. The molecule has 11 heteroatoms. The number of nitrogens with one attached hydrogen (secondary N) is 1. The molecule has 4 rings (SSSR count). The molecule has 1 heterocycles. The van der Waals surface area contributed by atoms with Gasteiger partial charge in [-0.3, -0.25) is 8.98 Å². The average molecular weight is 595 g/mol. The zero-order chi connectivity index (χ0) is 27.5. The van der Waals surface area contributed by atoms with E-state index in [1.807, 2.05) is 0 Å². The van der Waals surface area contributed by atoms with E-state index >= 15 is 0 Å². The fraction of sp³-hybridized carbons (Fsp3) is 0.222. The molecule has 0 atom stereocenters. The number of methoxy groups -OCH3 is 1. The molecule has 0 aliphatic rings. The Hall–Kier alpha value is -2.66. The van der Waals surface area contributed by atoms with Gasteiger partial charge >= 0.3 is 0 Å². The number of thiophene rings is 1. The molecule has 0 aliphatic heterocycles. The minimum atomic E-state index is -3.92. The van der Waals surface area contributed by atoms with Crippen molar-refractivity contribution in [3.05, 3.63) is 87.2 Å². The summed E-state index contributed by atoms with van der Waals surface area (Å²) < 4.78 is 41.0. The third-order valence-corrected chi connectivity index (χ3v) is 9.31. The van der Waals surface area contributed by atoms with Crippen LogP contribution in [0.2, 0.25) is 10.0 Å². The van der Waals surface area contributed by atoms with E-state index in [0.717, 1.165) is 10.1 Å². The maximum Gasteiger partial charge on any atom is 0.276 e. The monoisotopic (exact) mass is 593 g/mol. The molecule has 0 saturated carbocycles. The molecule has 4 aromatic rings. The number of amides is 1. The van der Waals surface area contributed by atoms with Gasteiger partial charge in [-0.1, -0.05) is 29.3 Å². The van der Waals surface area contributed by atoms with Gasteiger partial charge in [0.2, 0.25) is 0 Å². The number of carbonyl (C=O) groups excluding carboxylic acids is 1. The summed E-state index contributed by atoms with van der Waals surface area (Å²) in [6.45, 7) is 3.26. The van der Waals surface area contributed by atoms with E-state index in [0.29, 0.717) is 37.7 Å². The fourth-order valence-corrected chi connectivity index (χ4v) is 5.86. The summed E-state index contributed by atoms with van der Waals surface area (Å²) in [5.74, 6) is 0.692. The number of fused-ring (bicyclic) bond motifs is 1. The summed E-state index contributed by atoms with van der Waals surface area (Å²) in [4.78, 5) is 13.5. The maximum atomic E-state index is 13.1. The second kappa shape index (κ2) is 11.6. The molecule has 0 fully saturated rings. The van der Waals surface area contributed by atoms with Crippen molar-refractivity contribution in [2.24, 2.45) is 0 Å². The molecular formula is C27H25Cl2NO6S2. The van der Waals surface area contributed by atoms with Gasteiger partial charge in [0.1, 0.15) is 16.2 Å². The largest absolute Gasteiger partial charge is 0.457 e. The summed E-state index contributed by atoms with van der Waals surface area (Å²) >= 11 is 13.5. The van der Waals surface area contributed by atoms with E-state index in [1.54, 1.807) is 80.6 Å². The second-order valence-electron chi connectivity index (χ2n) is 8.83. The van der Waals surface area contributed by atoms with Crippen LogP contribution < -0.4 is 10.1 Å². The first kappa shape index (κ1) is 28.4. The standard InChI is InChI=1S/C27H25Cl2NO6S2/c1-27(2,38(32,33)35-11-10-34-3)18-4-9-24-17(12-18)13-25(37-24)26(31)30-21-14-20(29)15-23(16-21)36-22-7-5-19(28)6-8-22/h4-9,12-16H,10-11H2,1-3H3,(H,30,31). The van der Waals surface area contributed by atoms with Crippen molar-refractivity contribution in [1.82, 2.24) is 0 Å². The smallest absolute Gasteiger partial charge is 0.276 e. The van der Waals surface area contributed by atoms with Crippen LogP contribution in [0.4, 0.5) is 5.69 Å². The van der Waals surface area contributed by atoms with Gasteiger partial charge < -0.3 is 14.8 Å². The minimum absolute atomic E-state index is 0.0662. The zero-order valence-corrected chi connectivity index (χ0v) is 23.9. The molecule has 0 aliphatic carbocycles. The van der Waals surface area contributed by atoms with Crippen LogP contribution in [-0.4, -0.2) is 34.6 Å². The highest BCUT2D eigenvalue weighted by molar-refractivity contribution is 7.87. The van der Waals surface area contributed by atoms with Gasteiger partial charge in [-0.15, -0.1) is 11.3 Å². The summed E-state index contributed by atoms with van der Waals surface area (Å²) in [5, 5.41) is 4.58. The first-order valence-electron chi connectivity index (χ1n) is 11.5. The number of anilines is 1. The number of benzene rings is 3. The normalized spacial score (nSPS) is 12.0. The third-order valence-electron chi connectivity index (χ3n) is 5.76. The van der Waals surface area contributed by atoms with Crippen molar-refractivity contribution < 1.29 is 26.9 Å². The Kier molecular flexibility index (Phi) is 8.66. The highest BCUT2D eigenvalue weighted by Crippen LogP contribution is 2.36. The lowest BCUT2D eigenvalue weighted by atomic mass is 10.0. The van der Waals surface area contributed by atoms with Crippen LogP contribution in [0.15, 0.2) is 66.7 Å². The van der Waals surface area contributed by atoms with E-state index in [4.69, 9.17) is 36.9 Å². The molecular weight excluding hydrogens is 569 g/mol. The molecule has 0 radical (unpaired) electrons. The molecule has 38 heavy (non-hydrogen) atoms. The van der Waals surface area contributed by atoms with Gasteiger partial charge in [-0.05, 0) is 79.4 Å². The van der Waals surface area contributed by atoms with E-state index < -0.39 is 14.9 Å². The molecule has 0 unspecified atom stereocenters. The van der Waals surface area contributed by atoms with Crippen molar-refractivity contribution in [3.8, 4) is 11.5 Å². The van der Waals surface area contributed by atoms with E-state index in [2.05, 4.69) is 5.32 Å². The predicted octanol–water partition coefficient (Wildman–Crippen LogP) is 7.48. The number of halogens is 2. The van der Waals surface area contributed by atoms with Gasteiger partial charge in [0.15, 0.2) is 0 Å². The van der Waals surface area contributed by atoms with E-state index in [1.165, 1.54) is 18.4 Å². The van der Waals surface area contributed by atoms with Crippen molar-refractivity contribution in [3.63, 3.8) is 0 Å². The molecule has 1 aromatic heterocycles. The average Bonchev–Trinajstić information content (AvgIpc) is 3.29. The van der Waals surface area contributed by atoms with E-state index in [9.17, 15) is 13.2 Å². The lowest BCUT2D eigenvalue weighted by molar-refractivity contribution is 0.103. The summed E-state index contributed by atoms with van der Waals surface area (Å²) in [5.41, 5.74) is 1.01. The number of hydrogen-bond acceptors (Lipinski definition) is 7. The Balaban J connectivity index is 1.53. The van der Waals surface area contributed by atoms with Crippen LogP contribution in [0, 0.1) is 0 Å².